The summed E-state index contributed by atoms with van der Waals surface area (Å²) in [5.74, 6) is -0.675. The van der Waals surface area contributed by atoms with E-state index in [0.29, 0.717) is 12.8 Å². The van der Waals surface area contributed by atoms with Gasteiger partial charge in [0.25, 0.3) is 0 Å². The summed E-state index contributed by atoms with van der Waals surface area (Å²) in [4.78, 5) is 21.7. The molecule has 2 unspecified atom stereocenters. The molecule has 0 radical (unpaired) electrons. The van der Waals surface area contributed by atoms with Crippen molar-refractivity contribution >= 4 is 11.9 Å². The monoisotopic (exact) mass is 212 g/mol. The lowest BCUT2D eigenvalue weighted by molar-refractivity contribution is -0.165. The number of carbonyl (C=O) groups is 2. The first kappa shape index (κ1) is 11.8. The van der Waals surface area contributed by atoms with E-state index in [1.165, 1.54) is 13.8 Å². The number of allylic oxidation sites excluding steroid dienone is 1. The minimum Gasteiger partial charge on any atom is -0.459 e. The van der Waals surface area contributed by atoms with Crippen LogP contribution in [0.5, 0.6) is 0 Å². The molecule has 0 saturated heterocycles. The van der Waals surface area contributed by atoms with Gasteiger partial charge in [-0.3, -0.25) is 9.59 Å². The summed E-state index contributed by atoms with van der Waals surface area (Å²) in [5.41, 5.74) is 0. The van der Waals surface area contributed by atoms with Crippen molar-refractivity contribution in [2.24, 2.45) is 0 Å². The van der Waals surface area contributed by atoms with Gasteiger partial charge < -0.3 is 9.47 Å². The van der Waals surface area contributed by atoms with Crippen LogP contribution in [0.25, 0.3) is 0 Å². The molecule has 0 heterocycles. The Balaban J connectivity index is 2.61. The Labute approximate surface area is 89.2 Å². The fourth-order valence-corrected chi connectivity index (χ4v) is 1.63. The van der Waals surface area contributed by atoms with Crippen LogP contribution < -0.4 is 0 Å². The summed E-state index contributed by atoms with van der Waals surface area (Å²) in [6, 6.07) is 0. The van der Waals surface area contributed by atoms with Crippen LogP contribution >= 0.6 is 0 Å². The third-order valence-electron chi connectivity index (χ3n) is 2.20. The maximum Gasteiger partial charge on any atom is 0.303 e. The van der Waals surface area contributed by atoms with E-state index in [1.807, 2.05) is 12.2 Å². The number of esters is 2. The molecule has 0 bridgehead atoms. The lowest BCUT2D eigenvalue weighted by Crippen LogP contribution is -2.33. The van der Waals surface area contributed by atoms with Gasteiger partial charge in [0.1, 0.15) is 12.2 Å². The second kappa shape index (κ2) is 5.53. The lowest BCUT2D eigenvalue weighted by atomic mass is 10.1. The molecule has 4 nitrogen and oxygen atoms in total. The lowest BCUT2D eigenvalue weighted by Gasteiger charge is -2.23. The van der Waals surface area contributed by atoms with Gasteiger partial charge in [-0.1, -0.05) is 12.2 Å². The van der Waals surface area contributed by atoms with Crippen molar-refractivity contribution in [3.8, 4) is 0 Å². The van der Waals surface area contributed by atoms with Crippen LogP contribution in [0, 0.1) is 0 Å². The van der Waals surface area contributed by atoms with E-state index in [4.69, 9.17) is 9.47 Å². The molecule has 0 aromatic heterocycles. The van der Waals surface area contributed by atoms with Gasteiger partial charge in [-0.05, 0) is 12.8 Å². The predicted octanol–water partition coefficient (Wildman–Crippen LogP) is 1.59. The first-order valence-corrected chi connectivity index (χ1v) is 5.09. The molecule has 0 aliphatic heterocycles. The van der Waals surface area contributed by atoms with Crippen molar-refractivity contribution in [1.82, 2.24) is 0 Å². The van der Waals surface area contributed by atoms with Crippen molar-refractivity contribution in [1.29, 1.82) is 0 Å². The molecule has 0 aromatic carbocycles. The standard InChI is InChI=1S/C11H16O4/c1-8(12)14-10-6-4-3-5-7-11(10)15-9(2)13/h3-4,10-11H,5-7H2,1-2H3. The van der Waals surface area contributed by atoms with Gasteiger partial charge >= 0.3 is 11.9 Å². The SMILES string of the molecule is CC(=O)OC1CC=CCCC1OC(C)=O. The molecule has 2 atom stereocenters. The first-order valence-electron chi connectivity index (χ1n) is 5.09. The average Bonchev–Trinajstić information content (AvgIpc) is 2.30. The largest absolute Gasteiger partial charge is 0.459 e. The molecule has 15 heavy (non-hydrogen) atoms. The number of hydrogen-bond donors (Lipinski definition) is 0. The van der Waals surface area contributed by atoms with Crippen LogP contribution in [-0.2, 0) is 19.1 Å². The Kier molecular flexibility index (Phi) is 4.34. The molecule has 84 valence electrons. The van der Waals surface area contributed by atoms with Crippen LogP contribution in [0.2, 0.25) is 0 Å². The molecular formula is C11H16O4. The molecule has 0 aromatic rings. The fourth-order valence-electron chi connectivity index (χ4n) is 1.63. The van der Waals surface area contributed by atoms with Crippen LogP contribution in [0.3, 0.4) is 0 Å². The summed E-state index contributed by atoms with van der Waals surface area (Å²) in [5, 5.41) is 0. The van der Waals surface area contributed by atoms with Crippen molar-refractivity contribution < 1.29 is 19.1 Å². The van der Waals surface area contributed by atoms with Crippen LogP contribution in [0.15, 0.2) is 12.2 Å². The minimum atomic E-state index is -0.342. The zero-order chi connectivity index (χ0) is 11.3. The molecular weight excluding hydrogens is 196 g/mol. The van der Waals surface area contributed by atoms with Gasteiger partial charge in [-0.2, -0.15) is 0 Å². The summed E-state index contributed by atoms with van der Waals surface area (Å²) < 4.78 is 10.2. The molecule has 1 rings (SSSR count). The predicted molar refractivity (Wildman–Crippen MR) is 54.1 cm³/mol. The average molecular weight is 212 g/mol. The Morgan fingerprint density at radius 2 is 1.67 bits per heavy atom. The van der Waals surface area contributed by atoms with E-state index < -0.39 is 0 Å². The number of rotatable bonds is 2. The van der Waals surface area contributed by atoms with Gasteiger partial charge in [-0.25, -0.2) is 0 Å². The number of ether oxygens (including phenoxy) is 2. The fraction of sp³-hybridized carbons (Fsp3) is 0.636. The molecule has 0 fully saturated rings. The van der Waals surface area contributed by atoms with E-state index in [2.05, 4.69) is 0 Å². The highest BCUT2D eigenvalue weighted by Crippen LogP contribution is 2.19. The van der Waals surface area contributed by atoms with E-state index in [9.17, 15) is 9.59 Å². The minimum absolute atomic E-state index is 0.318. The quantitative estimate of drug-likeness (QED) is 0.515. The molecule has 1 aliphatic rings. The normalized spacial score (nSPS) is 25.5. The van der Waals surface area contributed by atoms with E-state index in [-0.39, 0.29) is 24.1 Å². The van der Waals surface area contributed by atoms with Crippen LogP contribution in [0.4, 0.5) is 0 Å². The molecule has 0 saturated carbocycles. The maximum absolute atomic E-state index is 10.9. The third-order valence-corrected chi connectivity index (χ3v) is 2.20. The highest BCUT2D eigenvalue weighted by molar-refractivity contribution is 5.67. The van der Waals surface area contributed by atoms with Gasteiger partial charge in [0.15, 0.2) is 0 Å². The van der Waals surface area contributed by atoms with Crippen molar-refractivity contribution in [3.05, 3.63) is 12.2 Å². The molecule has 0 spiro atoms. The zero-order valence-corrected chi connectivity index (χ0v) is 9.06. The van der Waals surface area contributed by atoms with Crippen LogP contribution in [-0.4, -0.2) is 24.1 Å². The zero-order valence-electron chi connectivity index (χ0n) is 9.06. The maximum atomic E-state index is 10.9. The van der Waals surface area contributed by atoms with Gasteiger partial charge in [0.05, 0.1) is 0 Å². The Bertz CT molecular complexity index is 270. The number of hydrogen-bond acceptors (Lipinski definition) is 4. The first-order chi connectivity index (χ1) is 7.09. The Morgan fingerprint density at radius 1 is 1.07 bits per heavy atom. The Hall–Kier alpha value is -1.32. The summed E-state index contributed by atoms with van der Waals surface area (Å²) >= 11 is 0. The molecule has 4 heteroatoms. The summed E-state index contributed by atoms with van der Waals surface area (Å²) in [6.07, 6.45) is 5.46. The topological polar surface area (TPSA) is 52.6 Å². The van der Waals surface area contributed by atoms with Gasteiger partial charge in [-0.15, -0.1) is 0 Å². The molecule has 0 N–H and O–H groups in total. The molecule has 0 amide bonds. The smallest absolute Gasteiger partial charge is 0.303 e. The third kappa shape index (κ3) is 4.14. The second-order valence-electron chi connectivity index (χ2n) is 3.58. The number of carbonyl (C=O) groups excluding carboxylic acids is 2. The second-order valence-corrected chi connectivity index (χ2v) is 3.58. The summed E-state index contributed by atoms with van der Waals surface area (Å²) in [6.45, 7) is 2.72. The van der Waals surface area contributed by atoms with Gasteiger partial charge in [0, 0.05) is 20.3 Å². The Morgan fingerprint density at radius 3 is 2.27 bits per heavy atom. The van der Waals surface area contributed by atoms with Crippen molar-refractivity contribution in [2.75, 3.05) is 0 Å². The van der Waals surface area contributed by atoms with Crippen LogP contribution in [0.1, 0.15) is 33.1 Å². The molecule has 1 aliphatic carbocycles. The highest BCUT2D eigenvalue weighted by atomic mass is 16.6. The van der Waals surface area contributed by atoms with E-state index >= 15 is 0 Å². The van der Waals surface area contributed by atoms with E-state index in [1.54, 1.807) is 0 Å². The van der Waals surface area contributed by atoms with Crippen molar-refractivity contribution in [3.63, 3.8) is 0 Å². The highest BCUT2D eigenvalue weighted by Gasteiger charge is 2.26. The summed E-state index contributed by atoms with van der Waals surface area (Å²) in [7, 11) is 0. The van der Waals surface area contributed by atoms with Crippen molar-refractivity contribution in [2.45, 2.75) is 45.3 Å². The van der Waals surface area contributed by atoms with E-state index in [0.717, 1.165) is 6.42 Å². The van der Waals surface area contributed by atoms with Gasteiger partial charge in [0.2, 0.25) is 0 Å².